The Kier molecular flexibility index (Phi) is 7.48. The Labute approximate surface area is 167 Å². The Morgan fingerprint density at radius 2 is 1.66 bits per heavy atom. The van der Waals surface area contributed by atoms with Crippen molar-refractivity contribution in [3.63, 3.8) is 0 Å². The zero-order valence-corrected chi connectivity index (χ0v) is 16.8. The largest absolute Gasteiger partial charge is 0.435 e. The van der Waals surface area contributed by atoms with Crippen molar-refractivity contribution in [1.82, 2.24) is 9.37 Å². The van der Waals surface area contributed by atoms with E-state index in [0.717, 1.165) is 4.47 Å². The number of amides is 2. The molecule has 0 unspecified atom stereocenters. The van der Waals surface area contributed by atoms with E-state index >= 15 is 0 Å². The first kappa shape index (κ1) is 22.5. The van der Waals surface area contributed by atoms with Crippen molar-refractivity contribution in [2.24, 2.45) is 0 Å². The average molecular weight is 429 g/mol. The Morgan fingerprint density at radius 3 is 2.17 bits per heavy atom. The molecule has 0 spiro atoms. The molecule has 0 saturated carbocycles. The third kappa shape index (κ3) is 6.11. The lowest BCUT2D eigenvalue weighted by Gasteiger charge is -2.19. The van der Waals surface area contributed by atoms with Crippen LogP contribution in [-0.2, 0) is 21.4 Å². The van der Waals surface area contributed by atoms with Gasteiger partial charge < -0.3 is 15.0 Å². The smallest absolute Gasteiger partial charge is 0.387 e. The van der Waals surface area contributed by atoms with E-state index in [0.29, 0.717) is 11.3 Å². The van der Waals surface area contributed by atoms with Gasteiger partial charge in [0, 0.05) is 26.3 Å². The number of ether oxygens (including phenoxy) is 1. The van der Waals surface area contributed by atoms with Gasteiger partial charge in [0.05, 0.1) is 12.0 Å². The molecule has 2 amide bonds. The number of hydrogen-bond donors (Lipinski definition) is 1. The maximum atomic E-state index is 12.3. The lowest BCUT2D eigenvalue weighted by Crippen LogP contribution is -2.30. The quantitative estimate of drug-likeness (QED) is 0.652. The van der Waals surface area contributed by atoms with Crippen LogP contribution < -0.4 is 10.1 Å². The molecule has 0 aliphatic heterocycles. The number of anilines is 1. The normalized spacial score (nSPS) is 11.6. The van der Waals surface area contributed by atoms with Crippen LogP contribution in [0.4, 0.5) is 19.3 Å². The van der Waals surface area contributed by atoms with Gasteiger partial charge in [-0.15, -0.1) is 0 Å². The zero-order chi connectivity index (χ0) is 21.6. The van der Waals surface area contributed by atoms with Crippen molar-refractivity contribution in [1.29, 1.82) is 0 Å². The first-order valence-corrected chi connectivity index (χ1v) is 9.76. The fourth-order valence-electron chi connectivity index (χ4n) is 2.30. The molecule has 2 aromatic rings. The number of nitrogens with one attached hydrogen (secondary N) is 1. The summed E-state index contributed by atoms with van der Waals surface area (Å²) >= 11 is 0. The molecule has 11 heteroatoms. The van der Waals surface area contributed by atoms with E-state index in [2.05, 4.69) is 10.1 Å². The lowest BCUT2D eigenvalue weighted by atomic mass is 10.2. The number of urea groups is 1. The van der Waals surface area contributed by atoms with Crippen molar-refractivity contribution in [2.45, 2.75) is 18.1 Å². The highest BCUT2D eigenvalue weighted by molar-refractivity contribution is 7.89. The van der Waals surface area contributed by atoms with Gasteiger partial charge in [-0.1, -0.05) is 16.6 Å². The molecule has 0 heterocycles. The lowest BCUT2D eigenvalue weighted by molar-refractivity contribution is -0.0498. The molecule has 0 atom stereocenters. The fraction of sp³-hybridized carbons (Fsp3) is 0.278. The maximum Gasteiger partial charge on any atom is 0.387 e. The molecule has 0 aromatic heterocycles. The molecule has 0 fully saturated rings. The number of rotatable bonds is 8. The average Bonchev–Trinajstić information content (AvgIpc) is 2.68. The van der Waals surface area contributed by atoms with Gasteiger partial charge in [-0.25, -0.2) is 13.2 Å². The van der Waals surface area contributed by atoms with E-state index < -0.39 is 22.7 Å². The van der Waals surface area contributed by atoms with Crippen LogP contribution in [0.2, 0.25) is 0 Å². The van der Waals surface area contributed by atoms with Crippen LogP contribution in [0.15, 0.2) is 53.4 Å². The number of alkyl halides is 2. The molecule has 0 saturated heterocycles. The molecule has 2 aromatic carbocycles. The number of halogens is 2. The Bertz CT molecular complexity index is 922. The predicted molar refractivity (Wildman–Crippen MR) is 102 cm³/mol. The summed E-state index contributed by atoms with van der Waals surface area (Å²) < 4.78 is 53.6. The highest BCUT2D eigenvalue weighted by atomic mass is 32.2. The molecule has 2 rings (SSSR count). The number of nitrogens with zero attached hydrogens (tertiary/aromatic N) is 2. The molecule has 0 aliphatic carbocycles. The third-order valence-corrected chi connectivity index (χ3v) is 5.61. The van der Waals surface area contributed by atoms with Crippen molar-refractivity contribution < 1.29 is 31.6 Å². The van der Waals surface area contributed by atoms with Gasteiger partial charge in [-0.2, -0.15) is 8.78 Å². The van der Waals surface area contributed by atoms with Crippen LogP contribution in [-0.4, -0.2) is 51.6 Å². The van der Waals surface area contributed by atoms with Gasteiger partial charge in [0.15, 0.2) is 0 Å². The molecule has 0 radical (unpaired) electrons. The second kappa shape index (κ2) is 9.63. The minimum atomic E-state index is -3.77. The number of carbonyl (C=O) groups excluding carboxylic acids is 1. The standard InChI is InChI=1S/C18H21F2N3O5S/c1-22(12-13-4-8-15(9-5-13)28-17(19)20)18(24)21-14-6-10-16(11-7-14)29(25,26)23(2)27-3/h4-11,17H,12H2,1-3H3,(H,21,24). The zero-order valence-electron chi connectivity index (χ0n) is 16.0. The molecule has 29 heavy (non-hydrogen) atoms. The van der Waals surface area contributed by atoms with Gasteiger partial charge >= 0.3 is 12.6 Å². The first-order valence-electron chi connectivity index (χ1n) is 8.32. The van der Waals surface area contributed by atoms with Crippen LogP contribution >= 0.6 is 0 Å². The molecular formula is C18H21F2N3O5S. The minimum absolute atomic E-state index is 0.0132. The van der Waals surface area contributed by atoms with E-state index in [1.807, 2.05) is 0 Å². The van der Waals surface area contributed by atoms with E-state index in [1.54, 1.807) is 19.2 Å². The summed E-state index contributed by atoms with van der Waals surface area (Å²) in [5, 5.41) is 2.64. The van der Waals surface area contributed by atoms with Crippen molar-refractivity contribution in [3.8, 4) is 5.75 Å². The first-order chi connectivity index (χ1) is 13.6. The van der Waals surface area contributed by atoms with Crippen LogP contribution in [0.1, 0.15) is 5.56 Å². The van der Waals surface area contributed by atoms with Gasteiger partial charge in [0.25, 0.3) is 10.0 Å². The summed E-state index contributed by atoms with van der Waals surface area (Å²) in [6, 6.07) is 11.1. The summed E-state index contributed by atoms with van der Waals surface area (Å²) in [5.74, 6) is 0.0324. The summed E-state index contributed by atoms with van der Waals surface area (Å²) in [4.78, 5) is 18.4. The highest BCUT2D eigenvalue weighted by Gasteiger charge is 2.20. The minimum Gasteiger partial charge on any atom is -0.435 e. The molecule has 1 N–H and O–H groups in total. The van der Waals surface area contributed by atoms with Crippen molar-refractivity contribution in [3.05, 3.63) is 54.1 Å². The van der Waals surface area contributed by atoms with Gasteiger partial charge in [-0.3, -0.25) is 4.84 Å². The summed E-state index contributed by atoms with van der Waals surface area (Å²) in [6.07, 6.45) is 0. The maximum absolute atomic E-state index is 12.3. The van der Waals surface area contributed by atoms with Gasteiger partial charge in [0.1, 0.15) is 5.75 Å². The van der Waals surface area contributed by atoms with E-state index in [1.165, 1.54) is 55.5 Å². The molecule has 0 aliphatic rings. The number of hydroxylamine groups is 1. The van der Waals surface area contributed by atoms with Crippen LogP contribution in [0, 0.1) is 0 Å². The number of hydrogen-bond acceptors (Lipinski definition) is 5. The highest BCUT2D eigenvalue weighted by Crippen LogP contribution is 2.19. The van der Waals surface area contributed by atoms with E-state index in [-0.39, 0.29) is 17.2 Å². The number of sulfonamides is 1. The summed E-state index contributed by atoms with van der Waals surface area (Å²) in [5.41, 5.74) is 1.12. The monoisotopic (exact) mass is 429 g/mol. The van der Waals surface area contributed by atoms with Crippen molar-refractivity contribution in [2.75, 3.05) is 26.5 Å². The number of benzene rings is 2. The molecule has 158 valence electrons. The topological polar surface area (TPSA) is 88.2 Å². The number of carbonyl (C=O) groups is 1. The van der Waals surface area contributed by atoms with Crippen LogP contribution in [0.3, 0.4) is 0 Å². The van der Waals surface area contributed by atoms with E-state index in [9.17, 15) is 22.0 Å². The SMILES string of the molecule is CON(C)S(=O)(=O)c1ccc(NC(=O)N(C)Cc2ccc(OC(F)F)cc2)cc1. The van der Waals surface area contributed by atoms with Gasteiger partial charge in [0.2, 0.25) is 0 Å². The van der Waals surface area contributed by atoms with Crippen molar-refractivity contribution >= 4 is 21.7 Å². The third-order valence-electron chi connectivity index (χ3n) is 3.91. The summed E-state index contributed by atoms with van der Waals surface area (Å²) in [6.45, 7) is -2.67. The molecule has 0 bridgehead atoms. The predicted octanol–water partition coefficient (Wildman–Crippen LogP) is 3.13. The Morgan fingerprint density at radius 1 is 1.07 bits per heavy atom. The van der Waals surface area contributed by atoms with Crippen LogP contribution in [0.25, 0.3) is 0 Å². The Balaban J connectivity index is 1.97. The van der Waals surface area contributed by atoms with E-state index in [4.69, 9.17) is 4.84 Å². The molecule has 8 nitrogen and oxygen atoms in total. The summed E-state index contributed by atoms with van der Waals surface area (Å²) in [7, 11) is 0.297. The Hall–Kier alpha value is -2.76. The molecular weight excluding hydrogens is 408 g/mol. The second-order valence-corrected chi connectivity index (χ2v) is 7.87. The second-order valence-electron chi connectivity index (χ2n) is 5.93. The van der Waals surface area contributed by atoms with Crippen LogP contribution in [0.5, 0.6) is 5.75 Å². The van der Waals surface area contributed by atoms with Gasteiger partial charge in [-0.05, 0) is 42.0 Å². The fourth-order valence-corrected chi connectivity index (χ4v) is 3.27.